The van der Waals surface area contributed by atoms with E-state index in [1.807, 2.05) is 19.9 Å². The van der Waals surface area contributed by atoms with Gasteiger partial charge in [0.25, 0.3) is 0 Å². The van der Waals surface area contributed by atoms with Gasteiger partial charge in [-0.3, -0.25) is 14.6 Å². The summed E-state index contributed by atoms with van der Waals surface area (Å²) >= 11 is 0. The molecule has 11 heteroatoms. The van der Waals surface area contributed by atoms with E-state index < -0.39 is 70.1 Å². The maximum atomic E-state index is 13.9. The first-order chi connectivity index (χ1) is 23.2. The van der Waals surface area contributed by atoms with Crippen molar-refractivity contribution in [2.45, 2.75) is 77.8 Å². The Morgan fingerprint density at radius 2 is 1.84 bits per heavy atom. The van der Waals surface area contributed by atoms with Gasteiger partial charge >= 0.3 is 23.5 Å². The van der Waals surface area contributed by atoms with Crippen molar-refractivity contribution in [1.29, 1.82) is 0 Å². The second-order valence-electron chi connectivity index (χ2n) is 14.1. The van der Waals surface area contributed by atoms with Crippen LogP contribution in [-0.2, 0) is 23.8 Å². The van der Waals surface area contributed by atoms with E-state index in [0.29, 0.717) is 24.0 Å². The molecular weight excluding hydrogens is 630 g/mol. The quantitative estimate of drug-likeness (QED) is 0.244. The third-order valence-electron chi connectivity index (χ3n) is 11.0. The van der Waals surface area contributed by atoms with Gasteiger partial charge in [0.1, 0.15) is 41.5 Å². The molecule has 0 radical (unpaired) electrons. The molecule has 0 spiro atoms. The van der Waals surface area contributed by atoms with Crippen LogP contribution in [-0.4, -0.2) is 52.4 Å². The summed E-state index contributed by atoms with van der Waals surface area (Å²) in [4.78, 5) is 56.1. The Balaban J connectivity index is 1.51. The molecule has 258 valence electrons. The minimum atomic E-state index is -1.39. The van der Waals surface area contributed by atoms with Crippen LogP contribution >= 0.6 is 0 Å². The number of aliphatic hydroxyl groups is 1. The number of aromatic nitrogens is 1. The molecule has 6 rings (SSSR count). The largest absolute Gasteiger partial charge is 0.482 e. The van der Waals surface area contributed by atoms with Crippen LogP contribution in [0.1, 0.15) is 81.5 Å². The zero-order chi connectivity index (χ0) is 35.3. The van der Waals surface area contributed by atoms with Crippen LogP contribution in [0.4, 0.5) is 0 Å². The first kappa shape index (κ1) is 34.1. The third kappa shape index (κ3) is 5.83. The fraction of sp³-hybridized carbons (Fsp3) is 0.447. The Morgan fingerprint density at radius 3 is 2.51 bits per heavy atom. The number of benzene rings is 1. The van der Waals surface area contributed by atoms with E-state index >= 15 is 0 Å². The van der Waals surface area contributed by atoms with Crippen LogP contribution in [0.2, 0.25) is 0 Å². The highest BCUT2D eigenvalue weighted by atomic mass is 16.6. The topological polar surface area (TPSA) is 151 Å². The van der Waals surface area contributed by atoms with Crippen LogP contribution in [0.5, 0.6) is 5.75 Å². The van der Waals surface area contributed by atoms with Gasteiger partial charge in [-0.1, -0.05) is 38.6 Å². The second-order valence-corrected chi connectivity index (χ2v) is 14.1. The van der Waals surface area contributed by atoms with Crippen molar-refractivity contribution >= 4 is 24.0 Å². The van der Waals surface area contributed by atoms with Gasteiger partial charge in [0.15, 0.2) is 0 Å². The average molecular weight is 672 g/mol. The first-order valence-corrected chi connectivity index (χ1v) is 16.4. The van der Waals surface area contributed by atoms with Gasteiger partial charge in [-0.05, 0) is 67.3 Å². The monoisotopic (exact) mass is 671 g/mol. The van der Waals surface area contributed by atoms with Crippen LogP contribution in [0.3, 0.4) is 0 Å². The summed E-state index contributed by atoms with van der Waals surface area (Å²) in [5.41, 5.74) is -2.34. The van der Waals surface area contributed by atoms with Crippen LogP contribution in [0.15, 0.2) is 70.6 Å². The van der Waals surface area contributed by atoms with Gasteiger partial charge in [0, 0.05) is 49.2 Å². The summed E-state index contributed by atoms with van der Waals surface area (Å²) in [5.74, 6) is -2.53. The molecule has 3 heterocycles. The SMILES string of the molecule is C=Cc1cccc(C(=O)O[C@H]2CC3C(C)(COC(C)=O)[C@@H](OC(C)=O)CC[C@]3(C)C3[C@@H](O)c4c(cc(-c5cccnc5)oc4=O)O[C@@]32C)c1. The molecule has 2 aliphatic carbocycles. The van der Waals surface area contributed by atoms with E-state index in [1.54, 1.807) is 61.8 Å². The Hall–Kier alpha value is -4.77. The Morgan fingerprint density at radius 1 is 1.06 bits per heavy atom. The number of aliphatic hydroxyl groups excluding tert-OH is 1. The molecule has 2 fully saturated rings. The lowest BCUT2D eigenvalue weighted by atomic mass is 9.42. The van der Waals surface area contributed by atoms with Gasteiger partial charge in [-0.15, -0.1) is 0 Å². The number of rotatable bonds is 7. The first-order valence-electron chi connectivity index (χ1n) is 16.4. The van der Waals surface area contributed by atoms with Gasteiger partial charge in [0.05, 0.1) is 11.7 Å². The van der Waals surface area contributed by atoms with E-state index in [9.17, 15) is 24.3 Å². The Kier molecular flexibility index (Phi) is 8.77. The number of ether oxygens (including phenoxy) is 4. The van der Waals surface area contributed by atoms with Gasteiger partial charge < -0.3 is 28.5 Å². The van der Waals surface area contributed by atoms with E-state index in [-0.39, 0.29) is 30.1 Å². The molecule has 11 nitrogen and oxygen atoms in total. The lowest BCUT2D eigenvalue weighted by molar-refractivity contribution is -0.266. The second kappa shape index (κ2) is 12.6. The van der Waals surface area contributed by atoms with Crippen molar-refractivity contribution in [3.8, 4) is 17.1 Å². The van der Waals surface area contributed by atoms with E-state index in [1.165, 1.54) is 13.8 Å². The molecule has 3 unspecified atom stereocenters. The maximum Gasteiger partial charge on any atom is 0.345 e. The van der Waals surface area contributed by atoms with Crippen molar-refractivity contribution in [3.63, 3.8) is 0 Å². The number of hydrogen-bond donors (Lipinski definition) is 1. The molecule has 2 aromatic heterocycles. The number of carbonyl (C=O) groups excluding carboxylic acids is 3. The molecule has 49 heavy (non-hydrogen) atoms. The highest BCUT2D eigenvalue weighted by Gasteiger charge is 2.71. The summed E-state index contributed by atoms with van der Waals surface area (Å²) in [6, 6.07) is 11.9. The highest BCUT2D eigenvalue weighted by molar-refractivity contribution is 5.90. The van der Waals surface area contributed by atoms with Gasteiger partial charge in [0.2, 0.25) is 0 Å². The Bertz CT molecular complexity index is 1850. The molecule has 3 aliphatic rings. The molecule has 1 aromatic carbocycles. The van der Waals surface area contributed by atoms with Crippen molar-refractivity contribution in [2.75, 3.05) is 6.61 Å². The predicted octanol–water partition coefficient (Wildman–Crippen LogP) is 5.69. The third-order valence-corrected chi connectivity index (χ3v) is 11.0. The number of hydrogen-bond acceptors (Lipinski definition) is 11. The standard InChI is InChI=1S/C38H41NO10/c1-7-23-10-8-11-24(16-23)34(43)48-30-18-28-36(4,14-13-29(46-22(3)41)37(28,5)20-45-21(2)40)33-32(42)31-27(49-38(30,33)6)17-26(47-35(31)44)25-12-9-15-39-19-25/h7-12,15-17,19,28-30,32-33,42H,1,13-14,18,20H2,2-6H3/t28?,29-,30-,32-,33?,36-,37?,38+/m0/s1. The average Bonchev–Trinajstić information content (AvgIpc) is 3.06. The molecule has 1 N–H and O–H groups in total. The fourth-order valence-electron chi connectivity index (χ4n) is 8.83. The number of nitrogens with zero attached hydrogens (tertiary/aromatic N) is 1. The fourth-order valence-corrected chi connectivity index (χ4v) is 8.83. The molecule has 2 saturated carbocycles. The lowest BCUT2D eigenvalue weighted by Crippen LogP contribution is -2.71. The van der Waals surface area contributed by atoms with Crippen molar-refractivity contribution in [1.82, 2.24) is 4.98 Å². The number of fused-ring (bicyclic) bond motifs is 4. The summed E-state index contributed by atoms with van der Waals surface area (Å²) in [6.07, 6.45) is 2.83. The van der Waals surface area contributed by atoms with Crippen molar-refractivity contribution in [2.24, 2.45) is 22.7 Å². The summed E-state index contributed by atoms with van der Waals surface area (Å²) in [6.45, 7) is 12.0. The van der Waals surface area contributed by atoms with E-state index in [2.05, 4.69) is 11.6 Å². The van der Waals surface area contributed by atoms with E-state index in [4.69, 9.17) is 23.4 Å². The predicted molar refractivity (Wildman–Crippen MR) is 177 cm³/mol. The Labute approximate surface area is 284 Å². The lowest BCUT2D eigenvalue weighted by Gasteiger charge is -2.66. The molecule has 0 bridgehead atoms. The zero-order valence-corrected chi connectivity index (χ0v) is 28.3. The van der Waals surface area contributed by atoms with E-state index in [0.717, 1.165) is 5.56 Å². The summed E-state index contributed by atoms with van der Waals surface area (Å²) in [5, 5.41) is 12.3. The molecule has 8 atom stereocenters. The molecular formula is C38H41NO10. The van der Waals surface area contributed by atoms with Crippen molar-refractivity contribution < 1.29 is 42.9 Å². The molecule has 0 amide bonds. The summed E-state index contributed by atoms with van der Waals surface area (Å²) < 4.78 is 30.3. The number of pyridine rings is 1. The van der Waals surface area contributed by atoms with Crippen molar-refractivity contribution in [3.05, 3.63) is 88.5 Å². The number of esters is 3. The highest BCUT2D eigenvalue weighted by Crippen LogP contribution is 2.67. The molecule has 3 aromatic rings. The number of carbonyl (C=O) groups is 3. The maximum absolute atomic E-state index is 13.9. The van der Waals surface area contributed by atoms with Crippen LogP contribution in [0.25, 0.3) is 17.4 Å². The minimum Gasteiger partial charge on any atom is -0.482 e. The smallest absolute Gasteiger partial charge is 0.345 e. The molecule has 0 saturated heterocycles. The zero-order valence-electron chi connectivity index (χ0n) is 28.3. The van der Waals surface area contributed by atoms with Crippen LogP contribution < -0.4 is 10.4 Å². The summed E-state index contributed by atoms with van der Waals surface area (Å²) in [7, 11) is 0. The van der Waals surface area contributed by atoms with Gasteiger partial charge in [-0.25, -0.2) is 9.59 Å². The van der Waals surface area contributed by atoms with Gasteiger partial charge in [-0.2, -0.15) is 0 Å². The van der Waals surface area contributed by atoms with Crippen LogP contribution in [0, 0.1) is 22.7 Å². The molecule has 1 aliphatic heterocycles. The normalized spacial score (nSPS) is 31.5. The minimum absolute atomic E-state index is 0.0375.